The highest BCUT2D eigenvalue weighted by Gasteiger charge is 2.38. The maximum absolute atomic E-state index is 12.4. The molecule has 0 radical (unpaired) electrons. The van der Waals surface area contributed by atoms with Crippen molar-refractivity contribution >= 4 is 11.9 Å². The Bertz CT molecular complexity index is 349. The van der Waals surface area contributed by atoms with Crippen molar-refractivity contribution in [1.82, 2.24) is 5.32 Å². The molecule has 1 heterocycles. The fraction of sp³-hybridized carbons (Fsp3) is 0.857. The fourth-order valence-electron chi connectivity index (χ4n) is 3.08. The molecule has 2 fully saturated rings. The smallest absolute Gasteiger partial charge is 0.307 e. The number of carboxylic acid groups (broad SMARTS) is 1. The van der Waals surface area contributed by atoms with Gasteiger partial charge in [-0.3, -0.25) is 9.59 Å². The molecule has 0 spiro atoms. The van der Waals surface area contributed by atoms with Crippen LogP contribution in [0, 0.1) is 11.8 Å². The second-order valence-corrected chi connectivity index (χ2v) is 6.00. The number of aliphatic carboxylic acids is 1. The van der Waals surface area contributed by atoms with Gasteiger partial charge in [-0.1, -0.05) is 12.8 Å². The minimum atomic E-state index is -0.836. The molecule has 19 heavy (non-hydrogen) atoms. The minimum Gasteiger partial charge on any atom is -0.481 e. The van der Waals surface area contributed by atoms with Crippen molar-refractivity contribution in [3.8, 4) is 0 Å². The molecule has 0 unspecified atom stereocenters. The fourth-order valence-corrected chi connectivity index (χ4v) is 3.08. The van der Waals surface area contributed by atoms with Gasteiger partial charge in [-0.2, -0.15) is 0 Å². The average Bonchev–Trinajstić information content (AvgIpc) is 2.39. The number of ether oxygens (including phenoxy) is 1. The van der Waals surface area contributed by atoms with Crippen LogP contribution in [0.5, 0.6) is 0 Å². The summed E-state index contributed by atoms with van der Waals surface area (Å²) < 4.78 is 5.31. The summed E-state index contributed by atoms with van der Waals surface area (Å²) in [6.07, 6.45) is 4.75. The lowest BCUT2D eigenvalue weighted by molar-refractivity contribution is -0.149. The summed E-state index contributed by atoms with van der Waals surface area (Å²) in [5, 5.41) is 12.3. The first kappa shape index (κ1) is 14.3. The van der Waals surface area contributed by atoms with Crippen LogP contribution in [0.4, 0.5) is 0 Å². The van der Waals surface area contributed by atoms with Gasteiger partial charge < -0.3 is 15.2 Å². The van der Waals surface area contributed by atoms with Crippen LogP contribution >= 0.6 is 0 Å². The largest absolute Gasteiger partial charge is 0.481 e. The number of nitrogens with one attached hydrogen (secondary N) is 1. The van der Waals surface area contributed by atoms with Crippen molar-refractivity contribution in [2.45, 2.75) is 51.0 Å². The number of carbonyl (C=O) groups is 2. The van der Waals surface area contributed by atoms with Gasteiger partial charge >= 0.3 is 5.97 Å². The van der Waals surface area contributed by atoms with E-state index in [0.29, 0.717) is 26.1 Å². The van der Waals surface area contributed by atoms with Gasteiger partial charge in [0.2, 0.25) is 5.91 Å². The summed E-state index contributed by atoms with van der Waals surface area (Å²) >= 11 is 0. The molecular weight excluding hydrogens is 246 g/mol. The highest BCUT2D eigenvalue weighted by atomic mass is 16.5. The van der Waals surface area contributed by atoms with Crippen molar-refractivity contribution in [2.24, 2.45) is 11.8 Å². The maximum atomic E-state index is 12.4. The molecule has 2 aliphatic rings. The van der Waals surface area contributed by atoms with Crippen LogP contribution < -0.4 is 5.32 Å². The summed E-state index contributed by atoms with van der Waals surface area (Å²) in [6.45, 7) is 3.33. The zero-order chi connectivity index (χ0) is 13.9. The molecular formula is C14H23NO4. The Hall–Kier alpha value is -1.10. The molecule has 0 aromatic rings. The van der Waals surface area contributed by atoms with Gasteiger partial charge in [-0.05, 0) is 32.6 Å². The summed E-state index contributed by atoms with van der Waals surface area (Å²) in [7, 11) is 0. The van der Waals surface area contributed by atoms with Crippen LogP contribution in [-0.4, -0.2) is 35.7 Å². The Morgan fingerprint density at radius 2 is 1.74 bits per heavy atom. The van der Waals surface area contributed by atoms with E-state index in [4.69, 9.17) is 4.74 Å². The normalized spacial score (nSPS) is 30.6. The third-order valence-corrected chi connectivity index (χ3v) is 4.44. The Balaban J connectivity index is 1.99. The molecule has 1 amide bonds. The second kappa shape index (κ2) is 5.90. The van der Waals surface area contributed by atoms with Gasteiger partial charge in [0.05, 0.1) is 11.8 Å². The predicted molar refractivity (Wildman–Crippen MR) is 69.7 cm³/mol. The van der Waals surface area contributed by atoms with Crippen molar-refractivity contribution < 1.29 is 19.4 Å². The third kappa shape index (κ3) is 3.47. The minimum absolute atomic E-state index is 0.0866. The lowest BCUT2D eigenvalue weighted by Crippen LogP contribution is -2.53. The lowest BCUT2D eigenvalue weighted by Gasteiger charge is -2.37. The van der Waals surface area contributed by atoms with E-state index in [-0.39, 0.29) is 17.4 Å². The van der Waals surface area contributed by atoms with Crippen LogP contribution in [-0.2, 0) is 14.3 Å². The van der Waals surface area contributed by atoms with Crippen LogP contribution in [0.15, 0.2) is 0 Å². The first-order valence-corrected chi connectivity index (χ1v) is 7.14. The van der Waals surface area contributed by atoms with Crippen LogP contribution in [0.1, 0.15) is 45.4 Å². The molecule has 1 saturated carbocycles. The number of rotatable bonds is 3. The highest BCUT2D eigenvalue weighted by Crippen LogP contribution is 2.31. The number of amides is 1. The van der Waals surface area contributed by atoms with E-state index in [1.54, 1.807) is 0 Å². The van der Waals surface area contributed by atoms with Crippen molar-refractivity contribution in [2.75, 3.05) is 13.2 Å². The molecule has 108 valence electrons. The quantitative estimate of drug-likeness (QED) is 0.815. The molecule has 0 bridgehead atoms. The van der Waals surface area contributed by atoms with E-state index < -0.39 is 11.9 Å². The molecule has 5 heteroatoms. The SMILES string of the molecule is CC1(NC(=O)[C@@H]2CCCC[C@@H]2C(=O)O)CCOCC1. The molecule has 2 rings (SSSR count). The first-order chi connectivity index (χ1) is 9.02. The predicted octanol–water partition coefficient (Wildman–Crippen LogP) is 1.56. The summed E-state index contributed by atoms with van der Waals surface area (Å²) in [5.41, 5.74) is -0.240. The van der Waals surface area contributed by atoms with E-state index in [1.807, 2.05) is 6.92 Å². The van der Waals surface area contributed by atoms with E-state index in [0.717, 1.165) is 25.7 Å². The molecule has 2 atom stereocenters. The molecule has 0 aromatic heterocycles. The van der Waals surface area contributed by atoms with Gasteiger partial charge in [0.1, 0.15) is 0 Å². The zero-order valence-electron chi connectivity index (χ0n) is 11.5. The Morgan fingerprint density at radius 3 is 2.32 bits per heavy atom. The molecule has 1 saturated heterocycles. The molecule has 2 N–H and O–H groups in total. The number of carbonyl (C=O) groups excluding carboxylic acids is 1. The Kier molecular flexibility index (Phi) is 4.45. The lowest BCUT2D eigenvalue weighted by atomic mass is 9.78. The Morgan fingerprint density at radius 1 is 1.16 bits per heavy atom. The van der Waals surface area contributed by atoms with E-state index >= 15 is 0 Å². The summed E-state index contributed by atoms with van der Waals surface area (Å²) in [5.74, 6) is -1.81. The van der Waals surface area contributed by atoms with E-state index in [1.165, 1.54) is 0 Å². The van der Waals surface area contributed by atoms with Crippen LogP contribution in [0.2, 0.25) is 0 Å². The van der Waals surface area contributed by atoms with Gasteiger partial charge in [0.25, 0.3) is 0 Å². The maximum Gasteiger partial charge on any atom is 0.307 e. The molecule has 5 nitrogen and oxygen atoms in total. The van der Waals surface area contributed by atoms with Gasteiger partial charge in [0, 0.05) is 18.8 Å². The van der Waals surface area contributed by atoms with Crippen molar-refractivity contribution in [3.63, 3.8) is 0 Å². The monoisotopic (exact) mass is 269 g/mol. The number of hydrogen-bond donors (Lipinski definition) is 2. The standard InChI is InChI=1S/C14H23NO4/c1-14(6-8-19-9-7-14)15-12(16)10-4-2-3-5-11(10)13(17)18/h10-11H,2-9H2,1H3,(H,15,16)(H,17,18)/t10-,11+/m1/s1. The van der Waals surface area contributed by atoms with Crippen molar-refractivity contribution in [1.29, 1.82) is 0 Å². The van der Waals surface area contributed by atoms with Gasteiger partial charge in [0.15, 0.2) is 0 Å². The highest BCUT2D eigenvalue weighted by molar-refractivity contribution is 5.85. The topological polar surface area (TPSA) is 75.6 Å². The number of carboxylic acids is 1. The van der Waals surface area contributed by atoms with E-state index in [9.17, 15) is 14.7 Å². The summed E-state index contributed by atoms with van der Waals surface area (Å²) in [4.78, 5) is 23.6. The zero-order valence-corrected chi connectivity index (χ0v) is 11.5. The third-order valence-electron chi connectivity index (χ3n) is 4.44. The molecule has 1 aliphatic carbocycles. The van der Waals surface area contributed by atoms with Gasteiger partial charge in [-0.25, -0.2) is 0 Å². The molecule has 1 aliphatic heterocycles. The average molecular weight is 269 g/mol. The van der Waals surface area contributed by atoms with Crippen LogP contribution in [0.3, 0.4) is 0 Å². The number of hydrogen-bond acceptors (Lipinski definition) is 3. The Labute approximate surface area is 113 Å². The summed E-state index contributed by atoms with van der Waals surface area (Å²) in [6, 6.07) is 0. The van der Waals surface area contributed by atoms with E-state index in [2.05, 4.69) is 5.32 Å². The van der Waals surface area contributed by atoms with Gasteiger partial charge in [-0.15, -0.1) is 0 Å². The first-order valence-electron chi connectivity index (χ1n) is 7.14. The van der Waals surface area contributed by atoms with Crippen LogP contribution in [0.25, 0.3) is 0 Å². The van der Waals surface area contributed by atoms with Crippen molar-refractivity contribution in [3.05, 3.63) is 0 Å². The molecule has 0 aromatic carbocycles. The second-order valence-electron chi connectivity index (χ2n) is 6.00.